The molecule has 5 nitrogen and oxygen atoms in total. The second-order valence-corrected chi connectivity index (χ2v) is 5.20. The Balaban J connectivity index is 2.33. The van der Waals surface area contributed by atoms with Gasteiger partial charge >= 0.3 is 5.97 Å². The molecule has 0 aliphatic carbocycles. The highest BCUT2D eigenvalue weighted by atomic mass is 32.1. The van der Waals surface area contributed by atoms with Gasteiger partial charge in [0.15, 0.2) is 0 Å². The molecule has 2 rings (SSSR count). The van der Waals surface area contributed by atoms with Crippen LogP contribution >= 0.6 is 11.3 Å². The van der Waals surface area contributed by atoms with Crippen molar-refractivity contribution in [1.82, 2.24) is 4.98 Å². The third-order valence-electron chi connectivity index (χ3n) is 2.71. The van der Waals surface area contributed by atoms with Crippen LogP contribution < -0.4 is 4.74 Å². The van der Waals surface area contributed by atoms with Crippen LogP contribution in [-0.4, -0.2) is 30.3 Å². The Bertz CT molecular complexity index is 592. The predicted molar refractivity (Wildman–Crippen MR) is 76.2 cm³/mol. The minimum absolute atomic E-state index is 0.0352. The summed E-state index contributed by atoms with van der Waals surface area (Å²) in [6.07, 6.45) is -0.0352. The van der Waals surface area contributed by atoms with E-state index >= 15 is 0 Å². The SMILES string of the molecule is COCc1nc(-c2ccc(OC)cc2)sc1CC(=O)O. The molecule has 1 aromatic heterocycles. The van der Waals surface area contributed by atoms with E-state index in [0.29, 0.717) is 12.3 Å². The zero-order chi connectivity index (χ0) is 14.5. The Morgan fingerprint density at radius 2 is 2.00 bits per heavy atom. The van der Waals surface area contributed by atoms with Crippen molar-refractivity contribution in [1.29, 1.82) is 0 Å². The number of aromatic nitrogens is 1. The maximum atomic E-state index is 10.9. The summed E-state index contributed by atoms with van der Waals surface area (Å²) < 4.78 is 10.2. The Hall–Kier alpha value is -1.92. The zero-order valence-electron chi connectivity index (χ0n) is 11.3. The van der Waals surface area contributed by atoms with E-state index in [1.807, 2.05) is 24.3 Å². The molecule has 20 heavy (non-hydrogen) atoms. The molecular formula is C14H15NO4S. The van der Waals surface area contributed by atoms with Gasteiger partial charge in [-0.1, -0.05) is 0 Å². The lowest BCUT2D eigenvalue weighted by molar-refractivity contribution is -0.136. The Kier molecular flexibility index (Phi) is 4.70. The van der Waals surface area contributed by atoms with Crippen molar-refractivity contribution >= 4 is 17.3 Å². The summed E-state index contributed by atoms with van der Waals surface area (Å²) in [5, 5.41) is 9.72. The number of methoxy groups -OCH3 is 2. The first-order valence-corrected chi connectivity index (χ1v) is 6.79. The number of aliphatic carboxylic acids is 1. The molecule has 0 radical (unpaired) electrons. The van der Waals surface area contributed by atoms with Crippen molar-refractivity contribution in [3.63, 3.8) is 0 Å². The van der Waals surface area contributed by atoms with Gasteiger partial charge in [0.25, 0.3) is 0 Å². The second-order valence-electron chi connectivity index (χ2n) is 4.12. The summed E-state index contributed by atoms with van der Waals surface area (Å²) in [4.78, 5) is 16.1. The first-order valence-electron chi connectivity index (χ1n) is 5.97. The van der Waals surface area contributed by atoms with Gasteiger partial charge in [0.05, 0.1) is 25.8 Å². The first-order chi connectivity index (χ1) is 9.63. The number of benzene rings is 1. The van der Waals surface area contributed by atoms with Gasteiger partial charge in [-0.05, 0) is 24.3 Å². The summed E-state index contributed by atoms with van der Waals surface area (Å²) in [6, 6.07) is 7.50. The number of carbonyl (C=O) groups is 1. The van der Waals surface area contributed by atoms with E-state index < -0.39 is 5.97 Å². The quantitative estimate of drug-likeness (QED) is 0.886. The molecule has 2 aromatic rings. The molecular weight excluding hydrogens is 278 g/mol. The highest BCUT2D eigenvalue weighted by molar-refractivity contribution is 7.15. The lowest BCUT2D eigenvalue weighted by Crippen LogP contribution is -2.01. The normalized spacial score (nSPS) is 10.5. The third kappa shape index (κ3) is 3.34. The molecule has 0 unspecified atom stereocenters. The molecule has 0 bridgehead atoms. The molecule has 0 spiro atoms. The number of carboxylic acids is 1. The molecule has 0 aliphatic heterocycles. The van der Waals surface area contributed by atoms with Gasteiger partial charge < -0.3 is 14.6 Å². The lowest BCUT2D eigenvalue weighted by Gasteiger charge is -2.00. The highest BCUT2D eigenvalue weighted by Crippen LogP contribution is 2.30. The summed E-state index contributed by atoms with van der Waals surface area (Å²) in [6.45, 7) is 0.315. The molecule has 0 aliphatic rings. The minimum Gasteiger partial charge on any atom is -0.497 e. The Labute approximate surface area is 120 Å². The minimum atomic E-state index is -0.868. The average molecular weight is 293 g/mol. The number of hydrogen-bond donors (Lipinski definition) is 1. The summed E-state index contributed by atoms with van der Waals surface area (Å²) in [5.41, 5.74) is 1.62. The fraction of sp³-hybridized carbons (Fsp3) is 0.286. The van der Waals surface area contributed by atoms with Crippen molar-refractivity contribution in [2.75, 3.05) is 14.2 Å². The molecule has 1 aromatic carbocycles. The van der Waals surface area contributed by atoms with Crippen LogP contribution in [0, 0.1) is 0 Å². The topological polar surface area (TPSA) is 68.7 Å². The molecule has 106 valence electrons. The third-order valence-corrected chi connectivity index (χ3v) is 3.85. The number of hydrogen-bond acceptors (Lipinski definition) is 5. The zero-order valence-corrected chi connectivity index (χ0v) is 12.1. The van der Waals surface area contributed by atoms with Gasteiger partial charge in [0.2, 0.25) is 0 Å². The van der Waals surface area contributed by atoms with Gasteiger partial charge in [-0.3, -0.25) is 4.79 Å². The van der Waals surface area contributed by atoms with E-state index in [1.165, 1.54) is 11.3 Å². The van der Waals surface area contributed by atoms with E-state index in [9.17, 15) is 4.79 Å². The maximum Gasteiger partial charge on any atom is 0.308 e. The fourth-order valence-corrected chi connectivity index (χ4v) is 2.83. The highest BCUT2D eigenvalue weighted by Gasteiger charge is 2.15. The van der Waals surface area contributed by atoms with Crippen LogP contribution in [0.1, 0.15) is 10.6 Å². The number of ether oxygens (including phenoxy) is 2. The molecule has 0 saturated heterocycles. The molecule has 6 heteroatoms. The van der Waals surface area contributed by atoms with Gasteiger partial charge in [-0.25, -0.2) is 4.98 Å². The van der Waals surface area contributed by atoms with Crippen molar-refractivity contribution in [2.24, 2.45) is 0 Å². The van der Waals surface area contributed by atoms with Crippen LogP contribution in [0.2, 0.25) is 0 Å². The van der Waals surface area contributed by atoms with Crippen LogP contribution in [0.3, 0.4) is 0 Å². The number of rotatable bonds is 6. The van der Waals surface area contributed by atoms with Crippen LogP contribution in [-0.2, 0) is 22.6 Å². The standard InChI is InChI=1S/C14H15NO4S/c1-18-8-11-12(7-13(16)17)20-14(15-11)9-3-5-10(19-2)6-4-9/h3-6H,7-8H2,1-2H3,(H,16,17). The van der Waals surface area contributed by atoms with Crippen molar-refractivity contribution in [3.8, 4) is 16.3 Å². The summed E-state index contributed by atoms with van der Waals surface area (Å²) in [7, 11) is 3.18. The van der Waals surface area contributed by atoms with Gasteiger partial charge in [-0.2, -0.15) is 0 Å². The van der Waals surface area contributed by atoms with Crippen molar-refractivity contribution < 1.29 is 19.4 Å². The van der Waals surface area contributed by atoms with E-state index in [0.717, 1.165) is 21.2 Å². The van der Waals surface area contributed by atoms with Crippen molar-refractivity contribution in [2.45, 2.75) is 13.0 Å². The fourth-order valence-electron chi connectivity index (χ4n) is 1.77. The number of carboxylic acid groups (broad SMARTS) is 1. The van der Waals surface area contributed by atoms with Gasteiger partial charge in [-0.15, -0.1) is 11.3 Å². The van der Waals surface area contributed by atoms with Gasteiger partial charge in [0.1, 0.15) is 10.8 Å². The maximum absolute atomic E-state index is 10.9. The lowest BCUT2D eigenvalue weighted by atomic mass is 10.2. The molecule has 0 fully saturated rings. The van der Waals surface area contributed by atoms with E-state index in [1.54, 1.807) is 14.2 Å². The molecule has 1 N–H and O–H groups in total. The summed E-state index contributed by atoms with van der Waals surface area (Å²) in [5.74, 6) is -0.0968. The average Bonchev–Trinajstić information content (AvgIpc) is 2.82. The monoisotopic (exact) mass is 293 g/mol. The second kappa shape index (κ2) is 6.49. The Morgan fingerprint density at radius 1 is 1.30 bits per heavy atom. The van der Waals surface area contributed by atoms with E-state index in [2.05, 4.69) is 4.98 Å². The van der Waals surface area contributed by atoms with Crippen LogP contribution in [0.5, 0.6) is 5.75 Å². The number of thiazole rings is 1. The smallest absolute Gasteiger partial charge is 0.308 e. The van der Waals surface area contributed by atoms with Crippen molar-refractivity contribution in [3.05, 3.63) is 34.8 Å². The predicted octanol–water partition coefficient (Wildman–Crippen LogP) is 2.59. The van der Waals surface area contributed by atoms with Crippen LogP contribution in [0.25, 0.3) is 10.6 Å². The largest absolute Gasteiger partial charge is 0.497 e. The Morgan fingerprint density at radius 3 is 2.55 bits per heavy atom. The molecule has 0 saturated carbocycles. The first kappa shape index (κ1) is 14.5. The molecule has 1 heterocycles. The van der Waals surface area contributed by atoms with Crippen LogP contribution in [0.15, 0.2) is 24.3 Å². The molecule has 0 atom stereocenters. The number of nitrogens with zero attached hydrogens (tertiary/aromatic N) is 1. The van der Waals surface area contributed by atoms with Gasteiger partial charge in [0, 0.05) is 17.6 Å². The summed E-state index contributed by atoms with van der Waals surface area (Å²) >= 11 is 1.38. The van der Waals surface area contributed by atoms with E-state index in [4.69, 9.17) is 14.6 Å². The van der Waals surface area contributed by atoms with Crippen LogP contribution in [0.4, 0.5) is 0 Å². The van der Waals surface area contributed by atoms with E-state index in [-0.39, 0.29) is 6.42 Å². The molecule has 0 amide bonds.